The van der Waals surface area contributed by atoms with Crippen molar-refractivity contribution in [3.8, 4) is 11.5 Å². The van der Waals surface area contributed by atoms with E-state index in [1.807, 2.05) is 18.2 Å². The number of fused-ring (bicyclic) bond motifs is 1. The number of nitrogens with zero attached hydrogens (tertiary/aromatic N) is 3. The lowest BCUT2D eigenvalue weighted by atomic mass is 9.75. The second-order valence-electron chi connectivity index (χ2n) is 7.29. The van der Waals surface area contributed by atoms with Crippen LogP contribution >= 0.6 is 0 Å². The summed E-state index contributed by atoms with van der Waals surface area (Å²) in [5.41, 5.74) is 1.20. The van der Waals surface area contributed by atoms with Gasteiger partial charge in [-0.15, -0.1) is 0 Å². The Morgan fingerprint density at radius 1 is 1.21 bits per heavy atom. The Kier molecular flexibility index (Phi) is 5.10. The van der Waals surface area contributed by atoms with Gasteiger partial charge in [-0.2, -0.15) is 5.10 Å². The van der Waals surface area contributed by atoms with E-state index in [1.165, 1.54) is 0 Å². The highest BCUT2D eigenvalue weighted by Gasteiger charge is 2.39. The van der Waals surface area contributed by atoms with Crippen LogP contribution in [0.4, 0.5) is 0 Å². The molecular weight excluding hydrogens is 372 g/mol. The van der Waals surface area contributed by atoms with Gasteiger partial charge >= 0.3 is 0 Å². The van der Waals surface area contributed by atoms with Gasteiger partial charge in [0.1, 0.15) is 0 Å². The van der Waals surface area contributed by atoms with Gasteiger partial charge in [0, 0.05) is 18.5 Å². The number of hydrogen-bond donors (Lipinski definition) is 2. The number of nitrogens with one attached hydrogen (secondary N) is 1. The zero-order valence-corrected chi connectivity index (χ0v) is 16.5. The second-order valence-corrected chi connectivity index (χ2v) is 7.29. The Hall–Kier alpha value is -3.13. The Balaban J connectivity index is 1.69. The number of rotatable bonds is 5. The molecule has 8 heteroatoms. The number of amides is 1. The number of methoxy groups -OCH3 is 2. The highest BCUT2D eigenvalue weighted by Crippen LogP contribution is 2.40. The summed E-state index contributed by atoms with van der Waals surface area (Å²) in [4.78, 5) is 17.3. The van der Waals surface area contributed by atoms with E-state index < -0.39 is 5.54 Å². The van der Waals surface area contributed by atoms with Crippen molar-refractivity contribution in [3.63, 3.8) is 0 Å². The molecule has 1 aliphatic rings. The predicted molar refractivity (Wildman–Crippen MR) is 106 cm³/mol. The molecule has 1 aromatic carbocycles. The number of ether oxygens (including phenoxy) is 2. The molecule has 4 rings (SSSR count). The van der Waals surface area contributed by atoms with E-state index in [0.717, 1.165) is 5.56 Å². The third-order valence-corrected chi connectivity index (χ3v) is 5.57. The molecule has 29 heavy (non-hydrogen) atoms. The fraction of sp³-hybridized carbons (Fsp3) is 0.381. The van der Waals surface area contributed by atoms with E-state index in [1.54, 1.807) is 43.3 Å². The number of aliphatic hydroxyl groups is 1. The molecule has 1 fully saturated rings. The average Bonchev–Trinajstić information content (AvgIpc) is 3.19. The zero-order chi connectivity index (χ0) is 20.4. The number of carbonyl (C=O) groups excluding carboxylic acids is 1. The van der Waals surface area contributed by atoms with Crippen LogP contribution in [0.1, 0.15) is 41.7 Å². The van der Waals surface area contributed by atoms with E-state index in [4.69, 9.17) is 9.47 Å². The van der Waals surface area contributed by atoms with Crippen molar-refractivity contribution in [2.45, 2.75) is 37.3 Å². The zero-order valence-electron chi connectivity index (χ0n) is 16.5. The van der Waals surface area contributed by atoms with Crippen molar-refractivity contribution in [2.75, 3.05) is 14.2 Å². The first kappa shape index (κ1) is 19.2. The molecule has 0 atom stereocenters. The summed E-state index contributed by atoms with van der Waals surface area (Å²) >= 11 is 0. The highest BCUT2D eigenvalue weighted by atomic mass is 16.5. The van der Waals surface area contributed by atoms with Gasteiger partial charge in [-0.25, -0.2) is 9.50 Å². The fourth-order valence-corrected chi connectivity index (χ4v) is 3.94. The van der Waals surface area contributed by atoms with Gasteiger partial charge in [0.25, 0.3) is 5.91 Å². The molecular formula is C21H24N4O4. The Morgan fingerprint density at radius 3 is 2.66 bits per heavy atom. The topological polar surface area (TPSA) is 98.0 Å². The van der Waals surface area contributed by atoms with Crippen LogP contribution in [-0.4, -0.2) is 45.9 Å². The lowest BCUT2D eigenvalue weighted by Crippen LogP contribution is -2.49. The first-order chi connectivity index (χ1) is 14.0. The molecule has 2 N–H and O–H groups in total. The minimum Gasteiger partial charge on any atom is -0.493 e. The van der Waals surface area contributed by atoms with E-state index in [2.05, 4.69) is 15.4 Å². The van der Waals surface area contributed by atoms with Crippen molar-refractivity contribution in [1.29, 1.82) is 0 Å². The van der Waals surface area contributed by atoms with Crippen LogP contribution in [0.25, 0.3) is 5.65 Å². The maximum atomic E-state index is 13.1. The summed E-state index contributed by atoms with van der Waals surface area (Å²) < 4.78 is 12.4. The molecule has 0 radical (unpaired) electrons. The predicted octanol–water partition coefficient (Wildman–Crippen LogP) is 2.31. The number of hydrogen-bond acceptors (Lipinski definition) is 6. The number of carbonyl (C=O) groups is 1. The van der Waals surface area contributed by atoms with Crippen LogP contribution in [0, 0.1) is 0 Å². The fourth-order valence-electron chi connectivity index (χ4n) is 3.94. The standard InChI is InChI=1S/C21H24N4O4/c1-28-17-5-4-14(12-18(17)29-2)21(8-6-15(26)7-9-21)23-20(27)16-13-19-22-10-3-11-25(19)24-16/h3-5,10-13,15,26H,6-9H2,1-2H3,(H,23,27). The van der Waals surface area contributed by atoms with Crippen molar-refractivity contribution < 1.29 is 19.4 Å². The average molecular weight is 396 g/mol. The van der Waals surface area contributed by atoms with Crippen molar-refractivity contribution in [1.82, 2.24) is 19.9 Å². The minimum absolute atomic E-state index is 0.276. The highest BCUT2D eigenvalue weighted by molar-refractivity contribution is 5.94. The van der Waals surface area contributed by atoms with Crippen LogP contribution in [0.2, 0.25) is 0 Å². The smallest absolute Gasteiger partial charge is 0.272 e. The SMILES string of the molecule is COc1ccc(C2(NC(=O)c3cc4ncccn4n3)CCC(O)CC2)cc1OC. The maximum absolute atomic E-state index is 13.1. The molecule has 0 spiro atoms. The van der Waals surface area contributed by atoms with Crippen molar-refractivity contribution >= 4 is 11.6 Å². The summed E-state index contributed by atoms with van der Waals surface area (Å²) in [6, 6.07) is 9.08. The molecule has 0 saturated heterocycles. The summed E-state index contributed by atoms with van der Waals surface area (Å²) in [5.74, 6) is 0.948. The lowest BCUT2D eigenvalue weighted by Gasteiger charge is -2.40. The quantitative estimate of drug-likeness (QED) is 0.687. The normalized spacial score (nSPS) is 21.7. The van der Waals surface area contributed by atoms with Crippen LogP contribution in [0.3, 0.4) is 0 Å². The molecule has 1 saturated carbocycles. The maximum Gasteiger partial charge on any atom is 0.272 e. The molecule has 152 valence electrons. The van der Waals surface area contributed by atoms with Gasteiger partial charge < -0.3 is 19.9 Å². The third kappa shape index (κ3) is 3.63. The van der Waals surface area contributed by atoms with Gasteiger partial charge in [0.05, 0.1) is 25.9 Å². The summed E-state index contributed by atoms with van der Waals surface area (Å²) in [5, 5.41) is 17.5. The Labute approximate surface area is 168 Å². The molecule has 0 aliphatic heterocycles. The van der Waals surface area contributed by atoms with Crippen molar-refractivity contribution in [2.24, 2.45) is 0 Å². The van der Waals surface area contributed by atoms with Gasteiger partial charge in [-0.1, -0.05) is 6.07 Å². The molecule has 2 aromatic heterocycles. The van der Waals surface area contributed by atoms with Gasteiger partial charge in [0.15, 0.2) is 22.8 Å². The molecule has 8 nitrogen and oxygen atoms in total. The number of aliphatic hydroxyl groups excluding tert-OH is 1. The molecule has 0 bridgehead atoms. The summed E-state index contributed by atoms with van der Waals surface area (Å²) in [6.07, 6.45) is 5.47. The number of benzene rings is 1. The van der Waals surface area contributed by atoms with Crippen molar-refractivity contribution in [3.05, 3.63) is 54.0 Å². The Bertz CT molecular complexity index is 991. The molecule has 1 aliphatic carbocycles. The molecule has 1 amide bonds. The van der Waals surface area contributed by atoms with E-state index in [0.29, 0.717) is 48.5 Å². The minimum atomic E-state index is -0.626. The van der Waals surface area contributed by atoms with E-state index in [-0.39, 0.29) is 12.0 Å². The third-order valence-electron chi connectivity index (χ3n) is 5.57. The van der Waals surface area contributed by atoms with Crippen LogP contribution in [0.5, 0.6) is 11.5 Å². The Morgan fingerprint density at radius 2 is 1.97 bits per heavy atom. The summed E-state index contributed by atoms with van der Waals surface area (Å²) in [7, 11) is 3.17. The van der Waals surface area contributed by atoms with Crippen LogP contribution in [-0.2, 0) is 5.54 Å². The van der Waals surface area contributed by atoms with Gasteiger partial charge in [0.2, 0.25) is 0 Å². The number of aromatic nitrogens is 3. The first-order valence-electron chi connectivity index (χ1n) is 9.58. The summed E-state index contributed by atoms with van der Waals surface area (Å²) in [6.45, 7) is 0. The van der Waals surface area contributed by atoms with E-state index >= 15 is 0 Å². The first-order valence-corrected chi connectivity index (χ1v) is 9.58. The molecule has 2 heterocycles. The van der Waals surface area contributed by atoms with Crippen LogP contribution < -0.4 is 14.8 Å². The monoisotopic (exact) mass is 396 g/mol. The lowest BCUT2D eigenvalue weighted by molar-refractivity contribution is 0.0670. The van der Waals surface area contributed by atoms with Gasteiger partial charge in [-0.3, -0.25) is 4.79 Å². The van der Waals surface area contributed by atoms with Gasteiger partial charge in [-0.05, 0) is 49.4 Å². The van der Waals surface area contributed by atoms with E-state index in [9.17, 15) is 9.90 Å². The largest absolute Gasteiger partial charge is 0.493 e. The molecule has 3 aromatic rings. The van der Waals surface area contributed by atoms with Crippen LogP contribution in [0.15, 0.2) is 42.7 Å². The molecule has 0 unspecified atom stereocenters. The second kappa shape index (κ2) is 7.71.